The van der Waals surface area contributed by atoms with E-state index in [1.165, 1.54) is 7.11 Å². The third-order valence-corrected chi connectivity index (χ3v) is 4.70. The number of amides is 1. The van der Waals surface area contributed by atoms with Crippen molar-refractivity contribution in [1.29, 1.82) is 0 Å². The van der Waals surface area contributed by atoms with Crippen LogP contribution in [-0.2, 0) is 6.42 Å². The minimum atomic E-state index is -0.124. The molecule has 0 radical (unpaired) electrons. The van der Waals surface area contributed by atoms with Gasteiger partial charge in [-0.05, 0) is 36.2 Å². The number of hydrogen-bond acceptors (Lipinski definition) is 5. The second-order valence-corrected chi connectivity index (χ2v) is 6.06. The van der Waals surface area contributed by atoms with Gasteiger partial charge in [0.15, 0.2) is 23.0 Å². The van der Waals surface area contributed by atoms with Gasteiger partial charge in [-0.3, -0.25) is 4.79 Å². The SMILES string of the molecule is C=C1c2ccc(OC)c(OC)c2C(=O)N1CCc1ccc2c(c1)OCO2. The van der Waals surface area contributed by atoms with Crippen molar-refractivity contribution in [1.82, 2.24) is 4.90 Å². The normalized spacial score (nSPS) is 14.6. The van der Waals surface area contributed by atoms with E-state index in [1.807, 2.05) is 24.3 Å². The molecule has 134 valence electrons. The summed E-state index contributed by atoms with van der Waals surface area (Å²) in [6, 6.07) is 9.45. The monoisotopic (exact) mass is 353 g/mol. The van der Waals surface area contributed by atoms with Crippen molar-refractivity contribution in [3.63, 3.8) is 0 Å². The van der Waals surface area contributed by atoms with Gasteiger partial charge in [-0.25, -0.2) is 0 Å². The summed E-state index contributed by atoms with van der Waals surface area (Å²) in [6.45, 7) is 4.85. The third-order valence-electron chi connectivity index (χ3n) is 4.70. The first-order valence-corrected chi connectivity index (χ1v) is 8.28. The van der Waals surface area contributed by atoms with E-state index in [-0.39, 0.29) is 12.7 Å². The quantitative estimate of drug-likeness (QED) is 0.827. The first-order chi connectivity index (χ1) is 12.6. The molecule has 0 N–H and O–H groups in total. The molecule has 0 aliphatic carbocycles. The Labute approximate surface area is 151 Å². The van der Waals surface area contributed by atoms with Crippen LogP contribution in [0.15, 0.2) is 36.9 Å². The lowest BCUT2D eigenvalue weighted by molar-refractivity contribution is 0.0848. The number of carbonyl (C=O) groups excluding carboxylic acids is 1. The molecule has 26 heavy (non-hydrogen) atoms. The van der Waals surface area contributed by atoms with Crippen LogP contribution in [0.4, 0.5) is 0 Å². The van der Waals surface area contributed by atoms with E-state index in [0.717, 1.165) is 22.6 Å². The maximum absolute atomic E-state index is 12.9. The van der Waals surface area contributed by atoms with Crippen LogP contribution in [0.2, 0.25) is 0 Å². The van der Waals surface area contributed by atoms with E-state index < -0.39 is 0 Å². The lowest BCUT2D eigenvalue weighted by atomic mass is 10.1. The fourth-order valence-electron chi connectivity index (χ4n) is 3.36. The lowest BCUT2D eigenvalue weighted by Crippen LogP contribution is -2.25. The number of carbonyl (C=O) groups is 1. The second kappa shape index (κ2) is 6.29. The average molecular weight is 353 g/mol. The minimum Gasteiger partial charge on any atom is -0.493 e. The molecule has 2 heterocycles. The Morgan fingerprint density at radius 1 is 1.12 bits per heavy atom. The van der Waals surface area contributed by atoms with Gasteiger partial charge < -0.3 is 23.8 Å². The molecule has 4 rings (SSSR count). The standard InChI is InChI=1S/C20H19NO5/c1-12-14-5-7-16(23-2)19(24-3)18(14)20(22)21(12)9-8-13-4-6-15-17(10-13)26-11-25-15/h4-7,10H,1,8-9,11H2,2-3H3. The number of nitrogens with zero attached hydrogens (tertiary/aromatic N) is 1. The van der Waals surface area contributed by atoms with Gasteiger partial charge in [-0.2, -0.15) is 0 Å². The van der Waals surface area contributed by atoms with E-state index in [2.05, 4.69) is 6.58 Å². The Morgan fingerprint density at radius 2 is 1.92 bits per heavy atom. The minimum absolute atomic E-state index is 0.124. The number of methoxy groups -OCH3 is 2. The summed E-state index contributed by atoms with van der Waals surface area (Å²) in [5.74, 6) is 2.34. The van der Waals surface area contributed by atoms with Crippen molar-refractivity contribution < 1.29 is 23.7 Å². The molecule has 2 aliphatic heterocycles. The molecule has 0 aromatic heterocycles. The van der Waals surface area contributed by atoms with Crippen molar-refractivity contribution in [2.24, 2.45) is 0 Å². The molecule has 0 fully saturated rings. The molecule has 0 bridgehead atoms. The van der Waals surface area contributed by atoms with E-state index in [4.69, 9.17) is 18.9 Å². The maximum Gasteiger partial charge on any atom is 0.262 e. The topological polar surface area (TPSA) is 57.2 Å². The molecule has 6 nitrogen and oxygen atoms in total. The van der Waals surface area contributed by atoms with Crippen LogP contribution < -0.4 is 18.9 Å². The van der Waals surface area contributed by atoms with E-state index in [1.54, 1.807) is 18.1 Å². The van der Waals surface area contributed by atoms with Crippen LogP contribution in [0.5, 0.6) is 23.0 Å². The summed E-state index contributed by atoms with van der Waals surface area (Å²) in [5, 5.41) is 0. The summed E-state index contributed by atoms with van der Waals surface area (Å²) in [5.41, 5.74) is 3.02. The Balaban J connectivity index is 1.57. The molecule has 2 aliphatic rings. The zero-order chi connectivity index (χ0) is 18.3. The number of ether oxygens (including phenoxy) is 4. The van der Waals surface area contributed by atoms with Crippen molar-refractivity contribution >= 4 is 11.6 Å². The predicted molar refractivity (Wildman–Crippen MR) is 95.9 cm³/mol. The second-order valence-electron chi connectivity index (χ2n) is 6.06. The fourth-order valence-corrected chi connectivity index (χ4v) is 3.36. The number of rotatable bonds is 5. The van der Waals surface area contributed by atoms with E-state index in [0.29, 0.717) is 35.7 Å². The molecule has 0 saturated carbocycles. The number of benzene rings is 2. The van der Waals surface area contributed by atoms with Gasteiger partial charge in [0.05, 0.1) is 19.8 Å². The molecule has 0 spiro atoms. The van der Waals surface area contributed by atoms with Crippen LogP contribution in [0.1, 0.15) is 21.5 Å². The molecule has 0 saturated heterocycles. The summed E-state index contributed by atoms with van der Waals surface area (Å²) in [4.78, 5) is 14.6. The number of hydrogen-bond donors (Lipinski definition) is 0. The summed E-state index contributed by atoms with van der Waals surface area (Å²) < 4.78 is 21.5. The van der Waals surface area contributed by atoms with E-state index >= 15 is 0 Å². The molecule has 0 atom stereocenters. The highest BCUT2D eigenvalue weighted by Crippen LogP contribution is 2.42. The zero-order valence-electron chi connectivity index (χ0n) is 14.7. The van der Waals surface area contributed by atoms with Gasteiger partial charge in [-0.15, -0.1) is 0 Å². The molecule has 2 aromatic carbocycles. The number of fused-ring (bicyclic) bond motifs is 2. The molecule has 0 unspecified atom stereocenters. The van der Waals surface area contributed by atoms with Crippen molar-refractivity contribution in [3.8, 4) is 23.0 Å². The smallest absolute Gasteiger partial charge is 0.262 e. The van der Waals surface area contributed by atoms with Gasteiger partial charge in [0.25, 0.3) is 5.91 Å². The highest BCUT2D eigenvalue weighted by molar-refractivity contribution is 6.11. The zero-order valence-corrected chi connectivity index (χ0v) is 14.7. The molecule has 1 amide bonds. The van der Waals surface area contributed by atoms with Gasteiger partial charge in [0.2, 0.25) is 6.79 Å². The first kappa shape index (κ1) is 16.3. The highest BCUT2D eigenvalue weighted by Gasteiger charge is 2.35. The molecular formula is C20H19NO5. The third kappa shape index (κ3) is 2.45. The Morgan fingerprint density at radius 3 is 2.69 bits per heavy atom. The fraction of sp³-hybridized carbons (Fsp3) is 0.250. The van der Waals surface area contributed by atoms with Crippen molar-refractivity contribution in [3.05, 3.63) is 53.6 Å². The average Bonchev–Trinajstić information content (AvgIpc) is 3.22. The first-order valence-electron chi connectivity index (χ1n) is 8.28. The molecule has 2 aromatic rings. The summed E-state index contributed by atoms with van der Waals surface area (Å²) in [6.07, 6.45) is 0.675. The summed E-state index contributed by atoms with van der Waals surface area (Å²) in [7, 11) is 3.08. The Hall–Kier alpha value is -3.15. The Kier molecular flexibility index (Phi) is 3.95. The van der Waals surface area contributed by atoms with Crippen molar-refractivity contribution in [2.75, 3.05) is 27.6 Å². The van der Waals surface area contributed by atoms with Gasteiger partial charge >= 0.3 is 0 Å². The lowest BCUT2D eigenvalue weighted by Gasteiger charge is -2.17. The van der Waals surface area contributed by atoms with Gasteiger partial charge in [0.1, 0.15) is 0 Å². The predicted octanol–water partition coefficient (Wildman–Crippen LogP) is 3.10. The van der Waals surface area contributed by atoms with Crippen molar-refractivity contribution in [2.45, 2.75) is 6.42 Å². The molecule has 6 heteroatoms. The van der Waals surface area contributed by atoms with Crippen LogP contribution in [0.25, 0.3) is 5.70 Å². The maximum atomic E-state index is 12.9. The van der Waals surface area contributed by atoms with Gasteiger partial charge in [0, 0.05) is 17.8 Å². The summed E-state index contributed by atoms with van der Waals surface area (Å²) >= 11 is 0. The largest absolute Gasteiger partial charge is 0.493 e. The van der Waals surface area contributed by atoms with E-state index in [9.17, 15) is 4.79 Å². The van der Waals surface area contributed by atoms with Crippen LogP contribution in [0.3, 0.4) is 0 Å². The van der Waals surface area contributed by atoms with Crippen LogP contribution in [-0.4, -0.2) is 38.4 Å². The van der Waals surface area contributed by atoms with Crippen LogP contribution >= 0.6 is 0 Å². The van der Waals surface area contributed by atoms with Gasteiger partial charge in [-0.1, -0.05) is 12.6 Å². The highest BCUT2D eigenvalue weighted by atomic mass is 16.7. The van der Waals surface area contributed by atoms with Crippen LogP contribution in [0, 0.1) is 0 Å². The molecular weight excluding hydrogens is 334 g/mol. The Bertz CT molecular complexity index is 905.